The van der Waals surface area contributed by atoms with Crippen molar-refractivity contribution in [1.82, 2.24) is 14.8 Å². The number of benzene rings is 3. The van der Waals surface area contributed by atoms with Crippen molar-refractivity contribution in [2.24, 2.45) is 0 Å². The van der Waals surface area contributed by atoms with Crippen LogP contribution in [0.25, 0.3) is 11.4 Å². The van der Waals surface area contributed by atoms with Gasteiger partial charge in [-0.05, 0) is 42.8 Å². The van der Waals surface area contributed by atoms with E-state index in [2.05, 4.69) is 10.2 Å². The lowest BCUT2D eigenvalue weighted by molar-refractivity contribution is 0.0993. The number of thioether (sulfide) groups is 1. The summed E-state index contributed by atoms with van der Waals surface area (Å²) in [5.41, 5.74) is 1.92. The number of Topliss-reactive ketones (excluding diaryl/α,β-unsaturated/α-hetero) is 1. The highest BCUT2D eigenvalue weighted by Gasteiger charge is 2.23. The minimum absolute atomic E-state index is 0.101. The van der Waals surface area contributed by atoms with Gasteiger partial charge in [-0.2, -0.15) is 0 Å². The lowest BCUT2D eigenvalue weighted by Gasteiger charge is -2.14. The van der Waals surface area contributed by atoms with E-state index in [1.54, 1.807) is 6.92 Å². The molecule has 1 aromatic heterocycles. The number of hydrogen-bond donors (Lipinski definition) is 0. The summed E-state index contributed by atoms with van der Waals surface area (Å²) in [7, 11) is 0. The summed E-state index contributed by atoms with van der Waals surface area (Å²) in [6, 6.07) is 18.5. The van der Waals surface area contributed by atoms with E-state index in [0.29, 0.717) is 29.0 Å². The van der Waals surface area contributed by atoms with Gasteiger partial charge in [0.2, 0.25) is 6.79 Å². The zero-order valence-corrected chi connectivity index (χ0v) is 18.9. The Morgan fingerprint density at radius 1 is 1.00 bits per heavy atom. The average molecular weight is 480 g/mol. The second kappa shape index (κ2) is 9.26. The van der Waals surface area contributed by atoms with Gasteiger partial charge in [0.1, 0.15) is 0 Å². The molecule has 2 heterocycles. The SMILES string of the molecule is CC(Sc1nnc(-c2ccccc2)n1Cc1ccc2c(c1)OCO2)C(=O)c1ccc(F)c(F)c1. The molecule has 1 aliphatic heterocycles. The topological polar surface area (TPSA) is 66.2 Å². The van der Waals surface area contributed by atoms with Crippen molar-refractivity contribution in [1.29, 1.82) is 0 Å². The maximum atomic E-state index is 13.6. The summed E-state index contributed by atoms with van der Waals surface area (Å²) in [5.74, 6) is -0.372. The third-order valence-electron chi connectivity index (χ3n) is 5.38. The van der Waals surface area contributed by atoms with Crippen LogP contribution in [0.3, 0.4) is 0 Å². The molecule has 9 heteroatoms. The first-order valence-corrected chi connectivity index (χ1v) is 11.4. The lowest BCUT2D eigenvalue weighted by atomic mass is 10.1. The summed E-state index contributed by atoms with van der Waals surface area (Å²) in [5, 5.41) is 8.65. The van der Waals surface area contributed by atoms with E-state index in [4.69, 9.17) is 9.47 Å². The second-order valence-corrected chi connectivity index (χ2v) is 9.01. The Morgan fingerprint density at radius 2 is 1.79 bits per heavy atom. The number of carbonyl (C=O) groups excluding carboxylic acids is 1. The molecule has 0 saturated carbocycles. The smallest absolute Gasteiger partial charge is 0.231 e. The zero-order chi connectivity index (χ0) is 23.7. The number of halogens is 2. The van der Waals surface area contributed by atoms with Gasteiger partial charge in [-0.25, -0.2) is 8.78 Å². The van der Waals surface area contributed by atoms with Gasteiger partial charge in [0.25, 0.3) is 0 Å². The Hall–Kier alpha value is -3.72. The molecule has 6 nitrogen and oxygen atoms in total. The van der Waals surface area contributed by atoms with Crippen LogP contribution in [0.2, 0.25) is 0 Å². The largest absolute Gasteiger partial charge is 0.454 e. The van der Waals surface area contributed by atoms with E-state index in [9.17, 15) is 13.6 Å². The van der Waals surface area contributed by atoms with Gasteiger partial charge >= 0.3 is 0 Å². The summed E-state index contributed by atoms with van der Waals surface area (Å²) in [4.78, 5) is 12.9. The minimum atomic E-state index is -1.06. The number of rotatable bonds is 7. The molecule has 1 aliphatic rings. The molecule has 0 fully saturated rings. The molecule has 0 bridgehead atoms. The zero-order valence-electron chi connectivity index (χ0n) is 18.1. The molecule has 4 aromatic rings. The van der Waals surface area contributed by atoms with E-state index in [-0.39, 0.29) is 18.1 Å². The molecule has 0 N–H and O–H groups in total. The van der Waals surface area contributed by atoms with Crippen molar-refractivity contribution in [3.63, 3.8) is 0 Å². The van der Waals surface area contributed by atoms with E-state index in [1.165, 1.54) is 17.8 Å². The maximum Gasteiger partial charge on any atom is 0.231 e. The normalized spacial score (nSPS) is 13.1. The van der Waals surface area contributed by atoms with Gasteiger partial charge in [-0.15, -0.1) is 10.2 Å². The quantitative estimate of drug-likeness (QED) is 0.263. The monoisotopic (exact) mass is 479 g/mol. The van der Waals surface area contributed by atoms with Gasteiger partial charge in [0.05, 0.1) is 11.8 Å². The molecule has 34 heavy (non-hydrogen) atoms. The lowest BCUT2D eigenvalue weighted by Crippen LogP contribution is -2.15. The molecular weight excluding hydrogens is 460 g/mol. The van der Waals surface area contributed by atoms with Gasteiger partial charge in [-0.1, -0.05) is 48.2 Å². The Balaban J connectivity index is 1.46. The molecular formula is C25H19F2N3O3S. The Bertz CT molecular complexity index is 1360. The van der Waals surface area contributed by atoms with Gasteiger partial charge in [0, 0.05) is 11.1 Å². The number of carbonyl (C=O) groups is 1. The molecule has 0 aliphatic carbocycles. The van der Waals surface area contributed by atoms with Crippen molar-refractivity contribution in [3.05, 3.63) is 89.5 Å². The van der Waals surface area contributed by atoms with Crippen LogP contribution in [0.1, 0.15) is 22.8 Å². The van der Waals surface area contributed by atoms with Crippen molar-refractivity contribution in [3.8, 4) is 22.9 Å². The Kier molecular flexibility index (Phi) is 6.02. The molecule has 172 valence electrons. The molecule has 0 radical (unpaired) electrons. The van der Waals surface area contributed by atoms with Crippen LogP contribution in [0.15, 0.2) is 71.9 Å². The first kappa shape index (κ1) is 22.1. The number of hydrogen-bond acceptors (Lipinski definition) is 6. The van der Waals surface area contributed by atoms with Crippen LogP contribution >= 0.6 is 11.8 Å². The predicted molar refractivity (Wildman–Crippen MR) is 123 cm³/mol. The van der Waals surface area contributed by atoms with Gasteiger partial charge in [-0.3, -0.25) is 9.36 Å². The Morgan fingerprint density at radius 3 is 2.59 bits per heavy atom. The standard InChI is InChI=1S/C25H19F2N3O3S/c1-15(23(31)18-8-9-19(26)20(27)12-18)34-25-29-28-24(17-5-3-2-4-6-17)30(25)13-16-7-10-21-22(11-16)33-14-32-21/h2-12,15H,13-14H2,1H3. The summed E-state index contributed by atoms with van der Waals surface area (Å²) in [6.45, 7) is 2.32. The highest BCUT2D eigenvalue weighted by molar-refractivity contribution is 8.00. The van der Waals surface area contributed by atoms with Crippen LogP contribution in [0.5, 0.6) is 11.5 Å². The van der Waals surface area contributed by atoms with E-state index in [0.717, 1.165) is 23.3 Å². The highest BCUT2D eigenvalue weighted by Crippen LogP contribution is 2.34. The Labute approximate surface area is 198 Å². The van der Waals surface area contributed by atoms with E-state index in [1.807, 2.05) is 53.1 Å². The number of fused-ring (bicyclic) bond motifs is 1. The highest BCUT2D eigenvalue weighted by atomic mass is 32.2. The van der Waals surface area contributed by atoms with Crippen LogP contribution < -0.4 is 9.47 Å². The fraction of sp³-hybridized carbons (Fsp3) is 0.160. The molecule has 1 unspecified atom stereocenters. The second-order valence-electron chi connectivity index (χ2n) is 7.70. The molecule has 1 atom stereocenters. The first-order valence-electron chi connectivity index (χ1n) is 10.5. The van der Waals surface area contributed by atoms with E-state index < -0.39 is 16.9 Å². The van der Waals surface area contributed by atoms with Crippen molar-refractivity contribution < 1.29 is 23.0 Å². The number of nitrogens with zero attached hydrogens (tertiary/aromatic N) is 3. The molecule has 0 saturated heterocycles. The van der Waals surface area contributed by atoms with Crippen molar-refractivity contribution in [2.45, 2.75) is 23.9 Å². The predicted octanol–water partition coefficient (Wildman–Crippen LogP) is 5.36. The van der Waals surface area contributed by atoms with Gasteiger partial charge in [0.15, 0.2) is 39.9 Å². The fourth-order valence-corrected chi connectivity index (χ4v) is 4.56. The third-order valence-corrected chi connectivity index (χ3v) is 6.46. The third kappa shape index (κ3) is 4.38. The minimum Gasteiger partial charge on any atom is -0.454 e. The molecule has 0 spiro atoms. The van der Waals surface area contributed by atoms with Crippen LogP contribution in [0.4, 0.5) is 8.78 Å². The number of ether oxygens (including phenoxy) is 2. The van der Waals surface area contributed by atoms with Crippen molar-refractivity contribution in [2.75, 3.05) is 6.79 Å². The summed E-state index contributed by atoms with van der Waals surface area (Å²) < 4.78 is 39.7. The van der Waals surface area contributed by atoms with Crippen LogP contribution in [-0.2, 0) is 6.54 Å². The summed E-state index contributed by atoms with van der Waals surface area (Å²) in [6.07, 6.45) is 0. The van der Waals surface area contributed by atoms with E-state index >= 15 is 0 Å². The summed E-state index contributed by atoms with van der Waals surface area (Å²) >= 11 is 1.21. The molecule has 5 rings (SSSR count). The molecule has 3 aromatic carbocycles. The van der Waals surface area contributed by atoms with Crippen molar-refractivity contribution >= 4 is 17.5 Å². The van der Waals surface area contributed by atoms with Gasteiger partial charge < -0.3 is 9.47 Å². The fourth-order valence-electron chi connectivity index (χ4n) is 3.64. The average Bonchev–Trinajstić information content (AvgIpc) is 3.48. The van der Waals surface area contributed by atoms with Crippen LogP contribution in [-0.4, -0.2) is 32.6 Å². The molecule has 0 amide bonds. The van der Waals surface area contributed by atoms with Crippen LogP contribution in [0, 0.1) is 11.6 Å². The first-order chi connectivity index (χ1) is 16.5. The number of aromatic nitrogens is 3. The number of ketones is 1. The maximum absolute atomic E-state index is 13.6.